The molecule has 5 rings (SSSR count). The highest BCUT2D eigenvalue weighted by atomic mass is 16.7. The zero-order valence-electron chi connectivity index (χ0n) is 38.6. The summed E-state index contributed by atoms with van der Waals surface area (Å²) >= 11 is 0. The Kier molecular flexibility index (Phi) is 16.8. The molecule has 13 atom stereocenters. The number of carbonyl (C=O) groups is 4. The van der Waals surface area contributed by atoms with Gasteiger partial charge < -0.3 is 49.2 Å². The van der Waals surface area contributed by atoms with Crippen LogP contribution in [-0.2, 0) is 38.1 Å². The first-order valence-corrected chi connectivity index (χ1v) is 22.3. The van der Waals surface area contributed by atoms with Crippen molar-refractivity contribution in [3.8, 4) is 0 Å². The highest BCUT2D eigenvalue weighted by Crippen LogP contribution is 2.40. The number of Topliss-reactive ketones (excluding diaryl/α,β-unsaturated/α-hetero) is 2. The summed E-state index contributed by atoms with van der Waals surface area (Å²) < 4.78 is 32.0. The molecule has 2 aromatic rings. The number of aliphatic hydroxyl groups is 1. The Bertz CT molecular complexity index is 1900. The van der Waals surface area contributed by atoms with Gasteiger partial charge in [-0.1, -0.05) is 58.0 Å². The molecule has 3 N–H and O–H groups in total. The van der Waals surface area contributed by atoms with Gasteiger partial charge in [-0.2, -0.15) is 0 Å². The molecule has 3 saturated heterocycles. The fraction of sp³-hybridized carbons (Fsp3) is 0.681. The third-order valence-corrected chi connectivity index (χ3v) is 13.3. The third kappa shape index (κ3) is 11.3. The Morgan fingerprint density at radius 2 is 1.77 bits per heavy atom. The SMILES string of the molecule is CC[C@H]1OC(=O)[C@H](C)C(=O)[C@H](C)[C@@H](O[C@@H]2O[C@H](C)C[C@H](N(C)C)[C@H]2O)[C@@](C)(OC/C=C/c2cnc3ccccc3c2)C[C@@H](C)C(=O)[C@H](CNCCN(C)CC)[C@H]2NC(=O)O[C@@]21C. The number of pyridine rings is 1. The lowest BCUT2D eigenvalue weighted by molar-refractivity contribution is -0.296. The van der Waals surface area contributed by atoms with Gasteiger partial charge in [0, 0.05) is 49.1 Å². The number of nitrogens with zero attached hydrogens (tertiary/aromatic N) is 3. The predicted molar refractivity (Wildman–Crippen MR) is 236 cm³/mol. The molecule has 4 heterocycles. The van der Waals surface area contributed by atoms with E-state index in [2.05, 4.69) is 27.4 Å². The minimum atomic E-state index is -1.44. The Morgan fingerprint density at radius 3 is 2.47 bits per heavy atom. The lowest BCUT2D eigenvalue weighted by Gasteiger charge is -2.47. The topological polar surface area (TPSA) is 178 Å². The minimum Gasteiger partial charge on any atom is -0.458 e. The van der Waals surface area contributed by atoms with E-state index >= 15 is 4.79 Å². The van der Waals surface area contributed by atoms with Crippen LogP contribution in [0.2, 0.25) is 0 Å². The molecule has 3 aliphatic heterocycles. The molecule has 15 heteroatoms. The van der Waals surface area contributed by atoms with E-state index in [9.17, 15) is 19.5 Å². The number of para-hydroxylation sites is 1. The predicted octanol–water partition coefficient (Wildman–Crippen LogP) is 4.63. The number of cyclic esters (lactones) is 1. The number of ketones is 2. The number of esters is 1. The molecule has 3 aliphatic rings. The first kappa shape index (κ1) is 49.2. The van der Waals surface area contributed by atoms with Crippen molar-refractivity contribution >= 4 is 40.6 Å². The van der Waals surface area contributed by atoms with E-state index in [0.717, 1.165) is 29.6 Å². The fourth-order valence-corrected chi connectivity index (χ4v) is 9.43. The molecule has 0 unspecified atom stereocenters. The van der Waals surface area contributed by atoms with Gasteiger partial charge in [-0.05, 0) is 92.3 Å². The zero-order chi connectivity index (χ0) is 45.5. The van der Waals surface area contributed by atoms with E-state index in [-0.39, 0.29) is 43.9 Å². The standard InChI is InChI=1S/C47H71N5O10/c1-12-37-47(8)41(50-45(57)62-47)34(27-48-20-21-52(11)13-2)38(53)28(3)25-46(7,58-22-16-17-32-24-33-18-14-15-19-35(33)49-26-32)42(30(5)39(54)31(6)43(56)60-37)61-44-40(55)36(51(9)10)23-29(4)59-44/h14-19,24,26,28-31,34,36-37,40-42,44,48,55H,12-13,20-23,25,27H2,1-11H3,(H,50,57)/b17-16+/t28-,29-,30+,31-,34+,36+,37-,40-,41-,42-,44+,46+,47-/m1/s1. The average molecular weight is 866 g/mol. The summed E-state index contributed by atoms with van der Waals surface area (Å²) in [6, 6.07) is 8.65. The zero-order valence-corrected chi connectivity index (χ0v) is 38.6. The summed E-state index contributed by atoms with van der Waals surface area (Å²) in [4.78, 5) is 65.7. The number of rotatable bonds is 14. The molecular weight excluding hydrogens is 795 g/mol. The summed E-state index contributed by atoms with van der Waals surface area (Å²) in [5, 5.41) is 19.0. The number of fused-ring (bicyclic) bond motifs is 2. The average Bonchev–Trinajstić information content (AvgIpc) is 3.55. The number of likely N-dealkylation sites (N-methyl/N-ethyl adjacent to an activating group) is 2. The number of nitrogens with one attached hydrogen (secondary N) is 2. The van der Waals surface area contributed by atoms with Crippen LogP contribution in [0.3, 0.4) is 0 Å². The lowest BCUT2D eigenvalue weighted by atomic mass is 9.73. The molecule has 0 spiro atoms. The van der Waals surface area contributed by atoms with Crippen LogP contribution in [-0.4, -0.2) is 151 Å². The van der Waals surface area contributed by atoms with Crippen LogP contribution < -0.4 is 10.6 Å². The maximum absolute atomic E-state index is 15.1. The summed E-state index contributed by atoms with van der Waals surface area (Å²) in [5.41, 5.74) is -1.11. The molecule has 62 heavy (non-hydrogen) atoms. The summed E-state index contributed by atoms with van der Waals surface area (Å²) in [6.45, 7) is 16.7. The molecule has 0 aliphatic carbocycles. The van der Waals surface area contributed by atoms with Crippen LogP contribution in [0.4, 0.5) is 4.79 Å². The van der Waals surface area contributed by atoms with Crippen LogP contribution in [0, 0.1) is 23.7 Å². The second-order valence-electron chi connectivity index (χ2n) is 18.3. The number of benzene rings is 1. The van der Waals surface area contributed by atoms with Crippen molar-refractivity contribution in [3.05, 3.63) is 48.2 Å². The van der Waals surface area contributed by atoms with Crippen LogP contribution in [0.5, 0.6) is 0 Å². The molecule has 1 aromatic heterocycles. The van der Waals surface area contributed by atoms with Crippen molar-refractivity contribution in [2.24, 2.45) is 23.7 Å². The molecule has 1 amide bonds. The molecule has 3 fully saturated rings. The largest absolute Gasteiger partial charge is 0.458 e. The van der Waals surface area contributed by atoms with Crippen molar-refractivity contribution in [2.45, 2.75) is 129 Å². The van der Waals surface area contributed by atoms with Gasteiger partial charge in [-0.25, -0.2) is 4.79 Å². The third-order valence-electron chi connectivity index (χ3n) is 13.3. The van der Waals surface area contributed by atoms with Gasteiger partial charge in [0.2, 0.25) is 0 Å². The molecule has 0 saturated carbocycles. The van der Waals surface area contributed by atoms with Gasteiger partial charge in [0.25, 0.3) is 0 Å². The number of alkyl carbamates (subject to hydrolysis) is 1. The van der Waals surface area contributed by atoms with E-state index in [1.54, 1.807) is 33.9 Å². The number of hydrogen-bond acceptors (Lipinski definition) is 14. The second-order valence-corrected chi connectivity index (χ2v) is 18.3. The number of carbonyl (C=O) groups excluding carboxylic acids is 4. The van der Waals surface area contributed by atoms with Gasteiger partial charge in [0.1, 0.15) is 23.9 Å². The van der Waals surface area contributed by atoms with Crippen LogP contribution in [0.1, 0.15) is 80.2 Å². The van der Waals surface area contributed by atoms with Gasteiger partial charge in [-0.3, -0.25) is 19.4 Å². The van der Waals surface area contributed by atoms with E-state index in [1.165, 1.54) is 6.92 Å². The Morgan fingerprint density at radius 1 is 1.05 bits per heavy atom. The van der Waals surface area contributed by atoms with Crippen LogP contribution >= 0.6 is 0 Å². The minimum absolute atomic E-state index is 0.0477. The van der Waals surface area contributed by atoms with Gasteiger partial charge in [0.05, 0.1) is 41.9 Å². The van der Waals surface area contributed by atoms with Crippen LogP contribution in [0.15, 0.2) is 42.6 Å². The number of ether oxygens (including phenoxy) is 5. The van der Waals surface area contributed by atoms with Gasteiger partial charge in [0.15, 0.2) is 17.7 Å². The van der Waals surface area contributed by atoms with Crippen molar-refractivity contribution in [2.75, 3.05) is 53.9 Å². The first-order chi connectivity index (χ1) is 29.3. The first-order valence-electron chi connectivity index (χ1n) is 22.3. The maximum atomic E-state index is 15.1. The Labute approximate surface area is 367 Å². The summed E-state index contributed by atoms with van der Waals surface area (Å²) in [7, 11) is 5.76. The summed E-state index contributed by atoms with van der Waals surface area (Å²) in [5.74, 6) is -5.29. The normalized spacial score (nSPS) is 35.2. The van der Waals surface area contributed by atoms with Gasteiger partial charge in [-0.15, -0.1) is 0 Å². The maximum Gasteiger partial charge on any atom is 0.408 e. The van der Waals surface area contributed by atoms with Crippen molar-refractivity contribution in [1.29, 1.82) is 0 Å². The molecule has 1 aromatic carbocycles. The second kappa shape index (κ2) is 21.2. The van der Waals surface area contributed by atoms with E-state index in [0.29, 0.717) is 13.0 Å². The smallest absolute Gasteiger partial charge is 0.408 e. The van der Waals surface area contributed by atoms with E-state index in [4.69, 9.17) is 23.7 Å². The van der Waals surface area contributed by atoms with Crippen molar-refractivity contribution in [1.82, 2.24) is 25.4 Å². The molecular formula is C47H71N5O10. The fourth-order valence-electron chi connectivity index (χ4n) is 9.43. The van der Waals surface area contributed by atoms with Crippen molar-refractivity contribution in [3.63, 3.8) is 0 Å². The highest BCUT2D eigenvalue weighted by Gasteiger charge is 2.58. The monoisotopic (exact) mass is 866 g/mol. The number of amides is 1. The highest BCUT2D eigenvalue weighted by molar-refractivity contribution is 6.00. The lowest BCUT2D eigenvalue weighted by Crippen LogP contribution is -2.61. The van der Waals surface area contributed by atoms with E-state index in [1.807, 2.05) is 82.4 Å². The molecule has 0 radical (unpaired) electrons. The Hall–Kier alpha value is -3.83. The molecule has 344 valence electrons. The van der Waals surface area contributed by atoms with Crippen molar-refractivity contribution < 1.29 is 48.0 Å². The molecule has 0 bridgehead atoms. The number of aliphatic hydroxyl groups excluding tert-OH is 1. The van der Waals surface area contributed by atoms with Gasteiger partial charge >= 0.3 is 12.1 Å². The Balaban J connectivity index is 1.59. The number of aromatic nitrogens is 1. The van der Waals surface area contributed by atoms with Crippen LogP contribution in [0.25, 0.3) is 17.0 Å². The van der Waals surface area contributed by atoms with E-state index < -0.39 is 83.4 Å². The molecule has 15 nitrogen and oxygen atoms in total. The number of hydrogen-bond donors (Lipinski definition) is 3. The quantitative estimate of drug-likeness (QED) is 0.136. The summed E-state index contributed by atoms with van der Waals surface area (Å²) in [6.07, 6.45) is 0.974.